The molecule has 0 saturated heterocycles. The number of halogens is 3. The van der Waals surface area contributed by atoms with Crippen LogP contribution < -0.4 is 10.6 Å². The van der Waals surface area contributed by atoms with E-state index >= 15 is 0 Å². The predicted octanol–water partition coefficient (Wildman–Crippen LogP) is 2.19. The van der Waals surface area contributed by atoms with E-state index < -0.39 is 28.9 Å². The van der Waals surface area contributed by atoms with Gasteiger partial charge in [-0.25, -0.2) is 13.2 Å². The molecule has 0 aliphatic heterocycles. The molecule has 0 unspecified atom stereocenters. The van der Waals surface area contributed by atoms with E-state index in [-0.39, 0.29) is 25.4 Å². The fourth-order valence-corrected chi connectivity index (χ4v) is 2.02. The summed E-state index contributed by atoms with van der Waals surface area (Å²) in [5, 5.41) is 4.91. The van der Waals surface area contributed by atoms with Crippen LogP contribution in [0, 0.1) is 17.5 Å². The van der Waals surface area contributed by atoms with Gasteiger partial charge in [0.15, 0.2) is 17.5 Å². The van der Waals surface area contributed by atoms with Gasteiger partial charge in [0, 0.05) is 13.1 Å². The van der Waals surface area contributed by atoms with Crippen LogP contribution in [0.1, 0.15) is 15.9 Å². The zero-order valence-corrected chi connectivity index (χ0v) is 12.6. The fourth-order valence-electron chi connectivity index (χ4n) is 2.02. The summed E-state index contributed by atoms with van der Waals surface area (Å²) in [6.07, 6.45) is 0.201. The van der Waals surface area contributed by atoms with Crippen LogP contribution >= 0.6 is 0 Å². The molecule has 24 heavy (non-hydrogen) atoms. The summed E-state index contributed by atoms with van der Waals surface area (Å²) < 4.78 is 39.3. The molecule has 0 aliphatic carbocycles. The van der Waals surface area contributed by atoms with Gasteiger partial charge in [0.1, 0.15) is 0 Å². The van der Waals surface area contributed by atoms with Gasteiger partial charge in [-0.05, 0) is 17.7 Å². The molecule has 2 aromatic carbocycles. The Kier molecular flexibility index (Phi) is 5.95. The number of carbonyl (C=O) groups excluding carboxylic acids is 2. The van der Waals surface area contributed by atoms with Crippen molar-refractivity contribution in [1.29, 1.82) is 0 Å². The first-order valence-corrected chi connectivity index (χ1v) is 7.21. The van der Waals surface area contributed by atoms with Gasteiger partial charge in [0.2, 0.25) is 5.91 Å². The molecule has 0 saturated carbocycles. The number of amides is 2. The number of nitrogens with one attached hydrogen (secondary N) is 2. The van der Waals surface area contributed by atoms with Crippen molar-refractivity contribution < 1.29 is 22.8 Å². The second kappa shape index (κ2) is 8.14. The Balaban J connectivity index is 1.77. The molecule has 2 rings (SSSR count). The Hall–Kier alpha value is -2.83. The van der Waals surface area contributed by atoms with Crippen LogP contribution in [-0.4, -0.2) is 24.9 Å². The third-order valence-electron chi connectivity index (χ3n) is 3.22. The minimum absolute atomic E-state index is 0.0256. The molecular weight excluding hydrogens is 321 g/mol. The summed E-state index contributed by atoms with van der Waals surface area (Å²) in [4.78, 5) is 23.4. The third-order valence-corrected chi connectivity index (χ3v) is 3.22. The molecule has 0 heterocycles. The topological polar surface area (TPSA) is 58.2 Å². The zero-order chi connectivity index (χ0) is 17.5. The molecule has 126 valence electrons. The smallest absolute Gasteiger partial charge is 0.254 e. The van der Waals surface area contributed by atoms with Crippen LogP contribution in [0.4, 0.5) is 13.2 Å². The second-order valence-corrected chi connectivity index (χ2v) is 4.99. The average Bonchev–Trinajstić information content (AvgIpc) is 2.57. The highest BCUT2D eigenvalue weighted by Crippen LogP contribution is 2.14. The van der Waals surface area contributed by atoms with Crippen molar-refractivity contribution >= 4 is 11.8 Å². The largest absolute Gasteiger partial charge is 0.354 e. The maximum atomic E-state index is 13.4. The SMILES string of the molecule is O=C(Cc1ccccc1)NCCNC(=O)c1ccc(F)c(F)c1F. The molecule has 2 amide bonds. The summed E-state index contributed by atoms with van der Waals surface area (Å²) in [5.74, 6) is -5.71. The summed E-state index contributed by atoms with van der Waals surface area (Å²) in [6, 6.07) is 10.6. The van der Waals surface area contributed by atoms with Crippen molar-refractivity contribution in [1.82, 2.24) is 10.6 Å². The van der Waals surface area contributed by atoms with E-state index in [4.69, 9.17) is 0 Å². The van der Waals surface area contributed by atoms with Gasteiger partial charge in [0.25, 0.3) is 5.91 Å². The van der Waals surface area contributed by atoms with Crippen LogP contribution in [-0.2, 0) is 11.2 Å². The van der Waals surface area contributed by atoms with Gasteiger partial charge >= 0.3 is 0 Å². The molecule has 7 heteroatoms. The maximum absolute atomic E-state index is 13.4. The Labute approximate surface area is 136 Å². The lowest BCUT2D eigenvalue weighted by molar-refractivity contribution is -0.120. The lowest BCUT2D eigenvalue weighted by Crippen LogP contribution is -2.35. The summed E-state index contributed by atoms with van der Waals surface area (Å²) in [5.41, 5.74) is 0.257. The molecule has 0 spiro atoms. The van der Waals surface area contributed by atoms with E-state index in [1.165, 1.54) is 0 Å². The fraction of sp³-hybridized carbons (Fsp3) is 0.176. The second-order valence-electron chi connectivity index (χ2n) is 4.99. The Morgan fingerprint density at radius 1 is 0.833 bits per heavy atom. The van der Waals surface area contributed by atoms with Crippen LogP contribution in [0.2, 0.25) is 0 Å². The van der Waals surface area contributed by atoms with Crippen LogP contribution in [0.15, 0.2) is 42.5 Å². The molecule has 0 aliphatic rings. The standard InChI is InChI=1S/C17H15F3N2O2/c18-13-7-6-12(15(19)16(13)20)17(24)22-9-8-21-14(23)10-11-4-2-1-3-5-11/h1-7H,8-10H2,(H,21,23)(H,22,24). The highest BCUT2D eigenvalue weighted by molar-refractivity contribution is 5.94. The molecule has 2 N–H and O–H groups in total. The summed E-state index contributed by atoms with van der Waals surface area (Å²) in [6.45, 7) is 0.153. The van der Waals surface area contributed by atoms with Crippen LogP contribution in [0.5, 0.6) is 0 Å². The van der Waals surface area contributed by atoms with Gasteiger partial charge in [-0.1, -0.05) is 30.3 Å². The van der Waals surface area contributed by atoms with Crippen molar-refractivity contribution in [3.8, 4) is 0 Å². The lowest BCUT2D eigenvalue weighted by atomic mass is 10.1. The number of carbonyl (C=O) groups is 2. The average molecular weight is 336 g/mol. The molecule has 0 radical (unpaired) electrons. The van der Waals surface area contributed by atoms with Crippen LogP contribution in [0.3, 0.4) is 0 Å². The molecule has 0 bridgehead atoms. The van der Waals surface area contributed by atoms with Gasteiger partial charge in [-0.3, -0.25) is 9.59 Å². The van der Waals surface area contributed by atoms with Crippen molar-refractivity contribution in [3.63, 3.8) is 0 Å². The monoisotopic (exact) mass is 336 g/mol. The maximum Gasteiger partial charge on any atom is 0.254 e. The van der Waals surface area contributed by atoms with E-state index in [0.717, 1.165) is 11.6 Å². The predicted molar refractivity (Wildman–Crippen MR) is 81.8 cm³/mol. The van der Waals surface area contributed by atoms with E-state index in [9.17, 15) is 22.8 Å². The Morgan fingerprint density at radius 3 is 2.21 bits per heavy atom. The van der Waals surface area contributed by atoms with Gasteiger partial charge in [0.05, 0.1) is 12.0 Å². The summed E-state index contributed by atoms with van der Waals surface area (Å²) in [7, 11) is 0. The summed E-state index contributed by atoms with van der Waals surface area (Å²) >= 11 is 0. The van der Waals surface area contributed by atoms with Crippen molar-refractivity contribution in [2.75, 3.05) is 13.1 Å². The van der Waals surface area contributed by atoms with Crippen LogP contribution in [0.25, 0.3) is 0 Å². The number of hydrogen-bond acceptors (Lipinski definition) is 2. The number of rotatable bonds is 6. The van der Waals surface area contributed by atoms with E-state index in [2.05, 4.69) is 10.6 Å². The molecule has 0 atom stereocenters. The van der Waals surface area contributed by atoms with Gasteiger partial charge in [-0.2, -0.15) is 0 Å². The molecule has 2 aromatic rings. The minimum Gasteiger partial charge on any atom is -0.354 e. The van der Waals surface area contributed by atoms with E-state index in [1.54, 1.807) is 0 Å². The normalized spacial score (nSPS) is 10.3. The molecule has 0 fully saturated rings. The van der Waals surface area contributed by atoms with Crippen molar-refractivity contribution in [3.05, 3.63) is 71.0 Å². The Morgan fingerprint density at radius 2 is 1.50 bits per heavy atom. The molecule has 0 aromatic heterocycles. The van der Waals surface area contributed by atoms with Gasteiger partial charge in [-0.15, -0.1) is 0 Å². The highest BCUT2D eigenvalue weighted by atomic mass is 19.2. The first kappa shape index (κ1) is 17.5. The molecule has 4 nitrogen and oxygen atoms in total. The first-order valence-electron chi connectivity index (χ1n) is 7.21. The van der Waals surface area contributed by atoms with Crippen molar-refractivity contribution in [2.24, 2.45) is 0 Å². The van der Waals surface area contributed by atoms with Gasteiger partial charge < -0.3 is 10.6 Å². The Bertz CT molecular complexity index is 736. The first-order chi connectivity index (χ1) is 11.5. The van der Waals surface area contributed by atoms with E-state index in [1.807, 2.05) is 30.3 Å². The number of benzene rings is 2. The molecular formula is C17H15F3N2O2. The lowest BCUT2D eigenvalue weighted by Gasteiger charge is -2.08. The van der Waals surface area contributed by atoms with Crippen molar-refractivity contribution in [2.45, 2.75) is 6.42 Å². The quantitative estimate of drug-likeness (QED) is 0.628. The minimum atomic E-state index is -1.70. The number of hydrogen-bond donors (Lipinski definition) is 2. The third kappa shape index (κ3) is 4.58. The van der Waals surface area contributed by atoms with E-state index in [0.29, 0.717) is 6.07 Å². The zero-order valence-electron chi connectivity index (χ0n) is 12.6. The highest BCUT2D eigenvalue weighted by Gasteiger charge is 2.18.